The Bertz CT molecular complexity index is 219. The Morgan fingerprint density at radius 2 is 2.25 bits per heavy atom. The van der Waals surface area contributed by atoms with Crippen LogP contribution in [-0.2, 0) is 9.53 Å². The lowest BCUT2D eigenvalue weighted by atomic mass is 9.97. The molecule has 1 unspecified atom stereocenters. The predicted octanol–water partition coefficient (Wildman–Crippen LogP) is 0.277. The molecule has 2 heterocycles. The van der Waals surface area contributed by atoms with E-state index in [4.69, 9.17) is 4.74 Å². The van der Waals surface area contributed by atoms with Gasteiger partial charge in [0.15, 0.2) is 5.78 Å². The first-order valence-corrected chi connectivity index (χ1v) is 6.40. The van der Waals surface area contributed by atoms with Crippen molar-refractivity contribution in [3.05, 3.63) is 0 Å². The minimum absolute atomic E-state index is 0.157. The topological polar surface area (TPSA) is 41.6 Å². The molecule has 1 N–H and O–H groups in total. The number of Topliss-reactive ketones (excluding diaryl/α,β-unsaturated/α-hetero) is 1. The van der Waals surface area contributed by atoms with Crippen molar-refractivity contribution in [2.75, 3.05) is 45.9 Å². The Kier molecular flexibility index (Phi) is 4.75. The van der Waals surface area contributed by atoms with Gasteiger partial charge < -0.3 is 10.1 Å². The molecular formula is C12H22N2O2. The van der Waals surface area contributed by atoms with E-state index in [1.54, 1.807) is 0 Å². The first kappa shape index (κ1) is 12.0. The molecule has 0 saturated carbocycles. The van der Waals surface area contributed by atoms with Crippen LogP contribution in [0.1, 0.15) is 19.3 Å². The molecule has 0 aromatic heterocycles. The highest BCUT2D eigenvalue weighted by molar-refractivity contribution is 5.83. The molecule has 0 amide bonds. The Balaban J connectivity index is 1.76. The van der Waals surface area contributed by atoms with Crippen LogP contribution < -0.4 is 5.32 Å². The van der Waals surface area contributed by atoms with Gasteiger partial charge in [0.1, 0.15) is 0 Å². The summed E-state index contributed by atoms with van der Waals surface area (Å²) < 4.78 is 5.37. The summed E-state index contributed by atoms with van der Waals surface area (Å²) >= 11 is 0. The molecule has 2 fully saturated rings. The average Bonchev–Trinajstić information content (AvgIpc) is 2.59. The Labute approximate surface area is 97.3 Å². The summed E-state index contributed by atoms with van der Waals surface area (Å²) in [5.74, 6) is 0.534. The minimum atomic E-state index is 0.157. The fraction of sp³-hybridized carbons (Fsp3) is 0.917. The van der Waals surface area contributed by atoms with Gasteiger partial charge in [-0.25, -0.2) is 0 Å². The van der Waals surface area contributed by atoms with Gasteiger partial charge >= 0.3 is 0 Å². The van der Waals surface area contributed by atoms with Crippen LogP contribution in [0.25, 0.3) is 0 Å². The molecule has 0 radical (unpaired) electrons. The Morgan fingerprint density at radius 1 is 1.31 bits per heavy atom. The van der Waals surface area contributed by atoms with E-state index in [1.807, 2.05) is 0 Å². The lowest BCUT2D eigenvalue weighted by molar-refractivity contribution is -0.127. The van der Waals surface area contributed by atoms with Gasteiger partial charge in [0.2, 0.25) is 0 Å². The monoisotopic (exact) mass is 226 g/mol. The van der Waals surface area contributed by atoms with Crippen molar-refractivity contribution < 1.29 is 9.53 Å². The van der Waals surface area contributed by atoms with E-state index in [0.717, 1.165) is 52.0 Å². The van der Waals surface area contributed by atoms with Crippen molar-refractivity contribution in [2.24, 2.45) is 5.92 Å². The largest absolute Gasteiger partial charge is 0.381 e. The molecular weight excluding hydrogens is 204 g/mol. The molecule has 2 aliphatic rings. The van der Waals surface area contributed by atoms with Crippen LogP contribution in [0.15, 0.2) is 0 Å². The van der Waals surface area contributed by atoms with Crippen molar-refractivity contribution >= 4 is 5.78 Å². The third-order valence-corrected chi connectivity index (χ3v) is 3.43. The summed E-state index contributed by atoms with van der Waals surface area (Å²) in [5.41, 5.74) is 0. The van der Waals surface area contributed by atoms with Gasteiger partial charge in [0.05, 0.1) is 13.2 Å². The highest BCUT2D eigenvalue weighted by atomic mass is 16.5. The van der Waals surface area contributed by atoms with Crippen LogP contribution >= 0.6 is 0 Å². The SMILES string of the molecule is O=C(CN1CCCNCC1)C1CCCOC1. The van der Waals surface area contributed by atoms with Gasteiger partial charge in [-0.2, -0.15) is 0 Å². The molecule has 0 aliphatic carbocycles. The first-order chi connectivity index (χ1) is 7.86. The third kappa shape index (κ3) is 3.54. The number of hydrogen-bond donors (Lipinski definition) is 1. The van der Waals surface area contributed by atoms with E-state index in [0.29, 0.717) is 18.9 Å². The molecule has 1 atom stereocenters. The van der Waals surface area contributed by atoms with Gasteiger partial charge in [0, 0.05) is 25.6 Å². The minimum Gasteiger partial charge on any atom is -0.381 e. The summed E-state index contributed by atoms with van der Waals surface area (Å²) in [4.78, 5) is 14.3. The second-order valence-corrected chi connectivity index (χ2v) is 4.76. The molecule has 16 heavy (non-hydrogen) atoms. The molecule has 0 aromatic carbocycles. The summed E-state index contributed by atoms with van der Waals surface area (Å²) in [6.45, 7) is 6.23. The molecule has 2 saturated heterocycles. The zero-order chi connectivity index (χ0) is 11.2. The maximum Gasteiger partial charge on any atom is 0.152 e. The van der Waals surface area contributed by atoms with Crippen molar-refractivity contribution in [1.82, 2.24) is 10.2 Å². The van der Waals surface area contributed by atoms with Gasteiger partial charge in [-0.3, -0.25) is 9.69 Å². The van der Waals surface area contributed by atoms with E-state index in [-0.39, 0.29) is 5.92 Å². The van der Waals surface area contributed by atoms with Gasteiger partial charge in [-0.1, -0.05) is 0 Å². The molecule has 2 rings (SSSR count). The van der Waals surface area contributed by atoms with E-state index in [2.05, 4.69) is 10.2 Å². The van der Waals surface area contributed by atoms with Gasteiger partial charge in [0.25, 0.3) is 0 Å². The summed E-state index contributed by atoms with van der Waals surface area (Å²) in [6, 6.07) is 0. The van der Waals surface area contributed by atoms with Crippen LogP contribution in [0.3, 0.4) is 0 Å². The van der Waals surface area contributed by atoms with Crippen LogP contribution in [0.4, 0.5) is 0 Å². The quantitative estimate of drug-likeness (QED) is 0.750. The van der Waals surface area contributed by atoms with Gasteiger partial charge in [-0.15, -0.1) is 0 Å². The standard InChI is InChI=1S/C12H22N2O2/c15-12(11-3-1-8-16-10-11)9-14-6-2-4-13-5-7-14/h11,13H,1-10H2. The molecule has 0 aromatic rings. The first-order valence-electron chi connectivity index (χ1n) is 6.40. The van der Waals surface area contributed by atoms with Crippen LogP contribution in [0.5, 0.6) is 0 Å². The van der Waals surface area contributed by atoms with Crippen molar-refractivity contribution in [2.45, 2.75) is 19.3 Å². The lowest BCUT2D eigenvalue weighted by Crippen LogP contribution is -2.37. The van der Waals surface area contributed by atoms with E-state index in [9.17, 15) is 4.79 Å². The Morgan fingerprint density at radius 3 is 3.06 bits per heavy atom. The highest BCUT2D eigenvalue weighted by Crippen LogP contribution is 2.15. The average molecular weight is 226 g/mol. The lowest BCUT2D eigenvalue weighted by Gasteiger charge is -2.24. The number of nitrogens with one attached hydrogen (secondary N) is 1. The third-order valence-electron chi connectivity index (χ3n) is 3.43. The number of ketones is 1. The van der Waals surface area contributed by atoms with Crippen LogP contribution in [-0.4, -0.2) is 56.6 Å². The second-order valence-electron chi connectivity index (χ2n) is 4.76. The maximum absolute atomic E-state index is 12.0. The smallest absolute Gasteiger partial charge is 0.152 e. The van der Waals surface area contributed by atoms with Crippen LogP contribution in [0.2, 0.25) is 0 Å². The second kappa shape index (κ2) is 6.33. The summed E-state index contributed by atoms with van der Waals surface area (Å²) in [6.07, 6.45) is 3.21. The molecule has 4 heteroatoms. The maximum atomic E-state index is 12.0. The molecule has 92 valence electrons. The fourth-order valence-electron chi connectivity index (χ4n) is 2.40. The number of rotatable bonds is 3. The number of ether oxygens (including phenoxy) is 1. The predicted molar refractivity (Wildman–Crippen MR) is 62.5 cm³/mol. The van der Waals surface area contributed by atoms with E-state index in [1.165, 1.54) is 0 Å². The Hall–Kier alpha value is -0.450. The van der Waals surface area contributed by atoms with E-state index >= 15 is 0 Å². The molecule has 2 aliphatic heterocycles. The zero-order valence-electron chi connectivity index (χ0n) is 9.91. The number of carbonyl (C=O) groups excluding carboxylic acids is 1. The van der Waals surface area contributed by atoms with Crippen molar-refractivity contribution in [1.29, 1.82) is 0 Å². The van der Waals surface area contributed by atoms with Gasteiger partial charge in [-0.05, 0) is 32.4 Å². The summed E-state index contributed by atoms with van der Waals surface area (Å²) in [5, 5.41) is 3.35. The van der Waals surface area contributed by atoms with Crippen LogP contribution in [0, 0.1) is 5.92 Å². The highest BCUT2D eigenvalue weighted by Gasteiger charge is 2.23. The van der Waals surface area contributed by atoms with E-state index < -0.39 is 0 Å². The zero-order valence-corrected chi connectivity index (χ0v) is 9.91. The normalized spacial score (nSPS) is 28.6. The van der Waals surface area contributed by atoms with Crippen molar-refractivity contribution in [3.8, 4) is 0 Å². The van der Waals surface area contributed by atoms with Crippen molar-refractivity contribution in [3.63, 3.8) is 0 Å². The molecule has 0 spiro atoms. The molecule has 4 nitrogen and oxygen atoms in total. The number of carbonyl (C=O) groups is 1. The number of nitrogens with zero attached hydrogens (tertiary/aromatic N) is 1. The number of hydrogen-bond acceptors (Lipinski definition) is 4. The molecule has 0 bridgehead atoms. The fourth-order valence-corrected chi connectivity index (χ4v) is 2.40. The summed E-state index contributed by atoms with van der Waals surface area (Å²) in [7, 11) is 0.